The van der Waals surface area contributed by atoms with Gasteiger partial charge in [-0.1, -0.05) is 18.2 Å². The molecule has 0 radical (unpaired) electrons. The zero-order valence-electron chi connectivity index (χ0n) is 16.6. The average Bonchev–Trinajstić information content (AvgIpc) is 3.37. The molecule has 1 fully saturated rings. The first-order chi connectivity index (χ1) is 14.5. The van der Waals surface area contributed by atoms with Crippen LogP contribution in [0.5, 0.6) is 17.2 Å². The number of carbonyl (C=O) groups is 2. The highest BCUT2D eigenvalue weighted by Gasteiger charge is 2.53. The summed E-state index contributed by atoms with van der Waals surface area (Å²) in [5, 5.41) is 11.0. The van der Waals surface area contributed by atoms with Crippen molar-refractivity contribution in [2.24, 2.45) is 11.8 Å². The van der Waals surface area contributed by atoms with Crippen molar-refractivity contribution in [2.75, 3.05) is 20.5 Å². The standard InChI is InChI=1S/C22H22O8/c1-3-27-21(24)18-17(19(23)13-6-9-15-16(10-13)29-11-28-15)22(25)30-20(18)12-4-7-14(26-2)8-5-12/h4-10,17-20,23H,3,11H2,1-2H3/t17-,18+,19+,20+/m1/s1. The van der Waals surface area contributed by atoms with E-state index in [2.05, 4.69) is 0 Å². The van der Waals surface area contributed by atoms with E-state index in [9.17, 15) is 14.7 Å². The number of esters is 2. The quantitative estimate of drug-likeness (QED) is 0.720. The summed E-state index contributed by atoms with van der Waals surface area (Å²) in [5.41, 5.74) is 1.04. The zero-order valence-corrected chi connectivity index (χ0v) is 16.6. The molecular formula is C22H22O8. The SMILES string of the molecule is CCOC(=O)[C@H]1[C@H]([C@@H](O)c2ccc3c(c2)OCO3)C(=O)O[C@H]1c1ccc(OC)cc1. The van der Waals surface area contributed by atoms with Crippen LogP contribution in [0.1, 0.15) is 30.3 Å². The number of hydrogen-bond acceptors (Lipinski definition) is 8. The van der Waals surface area contributed by atoms with Crippen molar-refractivity contribution in [3.63, 3.8) is 0 Å². The molecule has 4 rings (SSSR count). The third kappa shape index (κ3) is 3.54. The summed E-state index contributed by atoms with van der Waals surface area (Å²) in [6.07, 6.45) is -2.17. The summed E-state index contributed by atoms with van der Waals surface area (Å²) in [6.45, 7) is 1.91. The Hall–Kier alpha value is -3.26. The van der Waals surface area contributed by atoms with E-state index in [1.807, 2.05) is 0 Å². The highest BCUT2D eigenvalue weighted by Crippen LogP contribution is 2.47. The van der Waals surface area contributed by atoms with Gasteiger partial charge in [0, 0.05) is 0 Å². The Morgan fingerprint density at radius 1 is 1.17 bits per heavy atom. The number of rotatable bonds is 6. The van der Waals surface area contributed by atoms with E-state index in [4.69, 9.17) is 23.7 Å². The van der Waals surface area contributed by atoms with Gasteiger partial charge in [-0.25, -0.2) is 0 Å². The van der Waals surface area contributed by atoms with Gasteiger partial charge < -0.3 is 28.8 Å². The van der Waals surface area contributed by atoms with Crippen LogP contribution in [0.2, 0.25) is 0 Å². The Kier molecular flexibility index (Phi) is 5.50. The Balaban J connectivity index is 1.67. The zero-order chi connectivity index (χ0) is 21.3. The number of carbonyl (C=O) groups excluding carboxylic acids is 2. The lowest BCUT2D eigenvalue weighted by Crippen LogP contribution is -2.32. The topological polar surface area (TPSA) is 101 Å². The van der Waals surface area contributed by atoms with Crippen LogP contribution in [-0.2, 0) is 19.1 Å². The van der Waals surface area contributed by atoms with Gasteiger partial charge in [-0.3, -0.25) is 9.59 Å². The average molecular weight is 414 g/mol. The highest BCUT2D eigenvalue weighted by molar-refractivity contribution is 5.86. The predicted molar refractivity (Wildman–Crippen MR) is 103 cm³/mol. The second-order valence-corrected chi connectivity index (χ2v) is 6.99. The largest absolute Gasteiger partial charge is 0.497 e. The van der Waals surface area contributed by atoms with E-state index in [-0.39, 0.29) is 13.4 Å². The monoisotopic (exact) mass is 414 g/mol. The van der Waals surface area contributed by atoms with Gasteiger partial charge in [0.15, 0.2) is 11.5 Å². The first-order valence-corrected chi connectivity index (χ1v) is 9.62. The van der Waals surface area contributed by atoms with Gasteiger partial charge in [0.25, 0.3) is 0 Å². The van der Waals surface area contributed by atoms with Gasteiger partial charge in [0.1, 0.15) is 23.7 Å². The molecule has 8 heteroatoms. The molecule has 1 N–H and O–H groups in total. The summed E-state index contributed by atoms with van der Waals surface area (Å²) >= 11 is 0. The molecule has 30 heavy (non-hydrogen) atoms. The van der Waals surface area contributed by atoms with E-state index in [1.165, 1.54) is 0 Å². The molecule has 0 spiro atoms. The lowest BCUT2D eigenvalue weighted by molar-refractivity contribution is -0.153. The summed E-state index contributed by atoms with van der Waals surface area (Å²) in [7, 11) is 1.55. The smallest absolute Gasteiger partial charge is 0.314 e. The number of benzene rings is 2. The van der Waals surface area contributed by atoms with Crippen molar-refractivity contribution in [1.82, 2.24) is 0 Å². The third-order valence-electron chi connectivity index (χ3n) is 5.31. The fourth-order valence-corrected chi connectivity index (χ4v) is 3.82. The number of cyclic esters (lactones) is 1. The second-order valence-electron chi connectivity index (χ2n) is 6.99. The number of methoxy groups -OCH3 is 1. The van der Waals surface area contributed by atoms with E-state index >= 15 is 0 Å². The van der Waals surface area contributed by atoms with Crippen LogP contribution in [0.15, 0.2) is 42.5 Å². The Bertz CT molecular complexity index is 939. The van der Waals surface area contributed by atoms with Gasteiger partial charge in [-0.05, 0) is 42.3 Å². The lowest BCUT2D eigenvalue weighted by atomic mass is 9.81. The molecule has 158 valence electrons. The summed E-state index contributed by atoms with van der Waals surface area (Å²) in [6, 6.07) is 11.8. The normalized spacial score (nSPS) is 23.0. The Labute approximate surface area is 173 Å². The van der Waals surface area contributed by atoms with Gasteiger partial charge in [-0.2, -0.15) is 0 Å². The minimum absolute atomic E-state index is 0.0886. The maximum atomic E-state index is 12.8. The van der Waals surface area contributed by atoms with Crippen LogP contribution in [0.25, 0.3) is 0 Å². The van der Waals surface area contributed by atoms with Crippen LogP contribution in [0.3, 0.4) is 0 Å². The molecule has 0 unspecified atom stereocenters. The van der Waals surface area contributed by atoms with Crippen molar-refractivity contribution in [3.05, 3.63) is 53.6 Å². The van der Waals surface area contributed by atoms with Crippen LogP contribution >= 0.6 is 0 Å². The molecule has 2 heterocycles. The number of aliphatic hydroxyl groups excluding tert-OH is 1. The number of fused-ring (bicyclic) bond motifs is 1. The maximum Gasteiger partial charge on any atom is 0.314 e. The molecule has 2 aliphatic rings. The van der Waals surface area contributed by atoms with Crippen molar-refractivity contribution in [2.45, 2.75) is 19.1 Å². The van der Waals surface area contributed by atoms with E-state index in [0.29, 0.717) is 28.4 Å². The molecule has 2 aliphatic heterocycles. The van der Waals surface area contributed by atoms with Crippen LogP contribution in [0.4, 0.5) is 0 Å². The molecule has 1 saturated heterocycles. The minimum Gasteiger partial charge on any atom is -0.497 e. The van der Waals surface area contributed by atoms with Gasteiger partial charge in [0.2, 0.25) is 6.79 Å². The van der Waals surface area contributed by atoms with Crippen LogP contribution in [0, 0.1) is 11.8 Å². The van der Waals surface area contributed by atoms with Gasteiger partial charge >= 0.3 is 11.9 Å². The first kappa shape index (κ1) is 20.0. The molecule has 4 atom stereocenters. The summed E-state index contributed by atoms with van der Waals surface area (Å²) in [4.78, 5) is 25.6. The maximum absolute atomic E-state index is 12.8. The molecule has 2 aromatic carbocycles. The molecule has 0 aliphatic carbocycles. The van der Waals surface area contributed by atoms with Crippen LogP contribution in [-0.4, -0.2) is 37.6 Å². The molecule has 0 saturated carbocycles. The Morgan fingerprint density at radius 2 is 1.90 bits per heavy atom. The second kappa shape index (κ2) is 8.23. The molecule has 0 aromatic heterocycles. The first-order valence-electron chi connectivity index (χ1n) is 9.62. The molecule has 2 aromatic rings. The fraction of sp³-hybridized carbons (Fsp3) is 0.364. The fourth-order valence-electron chi connectivity index (χ4n) is 3.82. The van der Waals surface area contributed by atoms with Crippen molar-refractivity contribution < 1.29 is 38.4 Å². The highest BCUT2D eigenvalue weighted by atomic mass is 16.7. The third-order valence-corrected chi connectivity index (χ3v) is 5.31. The van der Waals surface area contributed by atoms with Crippen molar-refractivity contribution in [1.29, 1.82) is 0 Å². The molecule has 8 nitrogen and oxygen atoms in total. The lowest BCUT2D eigenvalue weighted by Gasteiger charge is -2.23. The van der Waals surface area contributed by atoms with Crippen LogP contribution < -0.4 is 14.2 Å². The van der Waals surface area contributed by atoms with Crippen molar-refractivity contribution >= 4 is 11.9 Å². The Morgan fingerprint density at radius 3 is 2.60 bits per heavy atom. The van der Waals surface area contributed by atoms with E-state index in [1.54, 1.807) is 56.5 Å². The van der Waals surface area contributed by atoms with Gasteiger partial charge in [0.05, 0.1) is 19.8 Å². The minimum atomic E-state index is -1.29. The summed E-state index contributed by atoms with van der Waals surface area (Å²) in [5.74, 6) is -1.75. The molecule has 0 amide bonds. The number of aliphatic hydroxyl groups is 1. The molecule has 0 bridgehead atoms. The predicted octanol–water partition coefficient (Wildman–Crippen LogP) is 2.55. The van der Waals surface area contributed by atoms with Crippen molar-refractivity contribution in [3.8, 4) is 17.2 Å². The number of hydrogen-bond donors (Lipinski definition) is 1. The van der Waals surface area contributed by atoms with Gasteiger partial charge in [-0.15, -0.1) is 0 Å². The van der Waals surface area contributed by atoms with E-state index in [0.717, 1.165) is 0 Å². The van der Waals surface area contributed by atoms with E-state index < -0.39 is 36.0 Å². The number of ether oxygens (including phenoxy) is 5. The molecular weight excluding hydrogens is 392 g/mol. The summed E-state index contributed by atoms with van der Waals surface area (Å²) < 4.78 is 26.6.